The maximum atomic E-state index is 14.4. The standard InChI is InChI=1S/C20H15F4N5OS/c1-26-15-4-3-11(8-14(15)21)29-18(31)28(17(30)19(29)5-2-6-19)12-7-13(20(22,23)24)16(9-25)27-10-12/h3-4,7-8,10,26H,2,5-6H2,1H3. The summed E-state index contributed by atoms with van der Waals surface area (Å²) >= 11 is 5.47. The molecule has 0 bridgehead atoms. The number of nitrogens with zero attached hydrogens (tertiary/aromatic N) is 4. The van der Waals surface area contributed by atoms with E-state index in [1.165, 1.54) is 23.1 Å². The van der Waals surface area contributed by atoms with Gasteiger partial charge in [0.15, 0.2) is 10.8 Å². The number of carbonyl (C=O) groups excluding carboxylic acids is 1. The largest absolute Gasteiger partial charge is 0.419 e. The molecule has 2 fully saturated rings. The molecule has 1 spiro atoms. The number of aromatic nitrogens is 1. The topological polar surface area (TPSA) is 72.3 Å². The van der Waals surface area contributed by atoms with Gasteiger partial charge in [-0.05, 0) is 55.7 Å². The Bertz CT molecular complexity index is 1140. The number of carbonyl (C=O) groups is 1. The molecule has 2 aliphatic rings. The van der Waals surface area contributed by atoms with Gasteiger partial charge in [0, 0.05) is 12.7 Å². The molecule has 1 aromatic carbocycles. The van der Waals surface area contributed by atoms with Crippen LogP contribution in [0.5, 0.6) is 0 Å². The molecule has 31 heavy (non-hydrogen) atoms. The second kappa shape index (κ2) is 7.16. The Labute approximate surface area is 180 Å². The number of nitriles is 1. The van der Waals surface area contributed by atoms with Crippen molar-refractivity contribution in [3.63, 3.8) is 0 Å². The van der Waals surface area contributed by atoms with Crippen molar-refractivity contribution in [3.05, 3.63) is 47.5 Å². The van der Waals surface area contributed by atoms with Crippen LogP contribution < -0.4 is 15.1 Å². The highest BCUT2D eigenvalue weighted by molar-refractivity contribution is 7.81. The SMILES string of the molecule is CNc1ccc(N2C(=S)N(c3cnc(C#N)c(C(F)(F)F)c3)C(=O)C23CCC3)cc1F. The minimum Gasteiger partial charge on any atom is -0.386 e. The summed E-state index contributed by atoms with van der Waals surface area (Å²) in [5, 5.41) is 11.6. The Hall–Kier alpha value is -3.26. The van der Waals surface area contributed by atoms with Crippen LogP contribution >= 0.6 is 12.2 Å². The molecule has 2 heterocycles. The van der Waals surface area contributed by atoms with Crippen LogP contribution in [0.4, 0.5) is 34.6 Å². The smallest absolute Gasteiger partial charge is 0.386 e. The molecule has 1 aliphatic carbocycles. The van der Waals surface area contributed by atoms with Gasteiger partial charge in [0.1, 0.15) is 17.4 Å². The first kappa shape index (κ1) is 21.0. The van der Waals surface area contributed by atoms with Crippen LogP contribution in [0.1, 0.15) is 30.5 Å². The summed E-state index contributed by atoms with van der Waals surface area (Å²) in [6.07, 6.45) is -2.26. The minimum absolute atomic E-state index is 0.0686. The van der Waals surface area contributed by atoms with Gasteiger partial charge in [-0.2, -0.15) is 18.4 Å². The first-order valence-corrected chi connectivity index (χ1v) is 9.68. The molecule has 0 radical (unpaired) electrons. The lowest BCUT2D eigenvalue weighted by Gasteiger charge is -2.43. The normalized spacial score (nSPS) is 17.7. The number of alkyl halides is 3. The van der Waals surface area contributed by atoms with E-state index in [0.717, 1.165) is 17.5 Å². The maximum absolute atomic E-state index is 14.4. The van der Waals surface area contributed by atoms with E-state index in [1.807, 2.05) is 0 Å². The number of thiocarbonyl (C=S) groups is 1. The van der Waals surface area contributed by atoms with Crippen molar-refractivity contribution in [3.8, 4) is 6.07 Å². The highest BCUT2D eigenvalue weighted by Crippen LogP contribution is 2.48. The fourth-order valence-electron chi connectivity index (χ4n) is 3.94. The van der Waals surface area contributed by atoms with E-state index in [1.54, 1.807) is 13.1 Å². The van der Waals surface area contributed by atoms with Gasteiger partial charge in [-0.3, -0.25) is 9.69 Å². The Morgan fingerprint density at radius 2 is 1.97 bits per heavy atom. The third kappa shape index (κ3) is 3.09. The van der Waals surface area contributed by atoms with Crippen LogP contribution in [0.3, 0.4) is 0 Å². The van der Waals surface area contributed by atoms with Gasteiger partial charge in [0.2, 0.25) is 0 Å². The Kier molecular flexibility index (Phi) is 4.85. The molecule has 1 aromatic heterocycles. The predicted molar refractivity (Wildman–Crippen MR) is 109 cm³/mol. The van der Waals surface area contributed by atoms with E-state index in [2.05, 4.69) is 10.3 Å². The van der Waals surface area contributed by atoms with Gasteiger partial charge in [0.05, 0.1) is 23.1 Å². The lowest BCUT2D eigenvalue weighted by atomic mass is 9.75. The average Bonchev–Trinajstić information content (AvgIpc) is 2.93. The van der Waals surface area contributed by atoms with Crippen molar-refractivity contribution < 1.29 is 22.4 Å². The average molecular weight is 449 g/mol. The molecule has 11 heteroatoms. The minimum atomic E-state index is -4.83. The summed E-state index contributed by atoms with van der Waals surface area (Å²) in [6.45, 7) is 0. The van der Waals surface area contributed by atoms with Gasteiger partial charge in [-0.1, -0.05) is 0 Å². The molecule has 0 unspecified atom stereocenters. The Morgan fingerprint density at radius 3 is 2.48 bits per heavy atom. The zero-order chi connectivity index (χ0) is 22.6. The van der Waals surface area contributed by atoms with E-state index in [4.69, 9.17) is 17.5 Å². The molecule has 1 amide bonds. The summed E-state index contributed by atoms with van der Waals surface area (Å²) in [5.41, 5.74) is -2.75. The molecule has 2 aromatic rings. The van der Waals surface area contributed by atoms with Crippen LogP contribution in [0.15, 0.2) is 30.5 Å². The number of hydrogen-bond donors (Lipinski definition) is 1. The van der Waals surface area contributed by atoms with E-state index in [0.29, 0.717) is 24.6 Å². The highest BCUT2D eigenvalue weighted by Gasteiger charge is 2.59. The number of anilines is 3. The van der Waals surface area contributed by atoms with Crippen molar-refractivity contribution >= 4 is 40.3 Å². The highest BCUT2D eigenvalue weighted by atomic mass is 32.1. The zero-order valence-corrected chi connectivity index (χ0v) is 16.9. The van der Waals surface area contributed by atoms with Crippen molar-refractivity contribution in [2.45, 2.75) is 31.0 Å². The van der Waals surface area contributed by atoms with Crippen molar-refractivity contribution in [1.29, 1.82) is 5.26 Å². The molecule has 4 rings (SSSR count). The number of pyridine rings is 1. The quantitative estimate of drug-likeness (QED) is 0.559. The molecule has 1 N–H and O–H groups in total. The molecule has 6 nitrogen and oxygen atoms in total. The summed E-state index contributed by atoms with van der Waals surface area (Å²) in [4.78, 5) is 19.4. The van der Waals surface area contributed by atoms with Gasteiger partial charge >= 0.3 is 6.18 Å². The predicted octanol–water partition coefficient (Wildman–Crippen LogP) is 4.21. The van der Waals surface area contributed by atoms with Crippen LogP contribution in [-0.2, 0) is 11.0 Å². The Morgan fingerprint density at radius 1 is 1.26 bits per heavy atom. The van der Waals surface area contributed by atoms with Crippen LogP contribution in [0.2, 0.25) is 0 Å². The number of benzene rings is 1. The molecule has 1 aliphatic heterocycles. The van der Waals surface area contributed by atoms with E-state index in [9.17, 15) is 22.4 Å². The molecule has 0 atom stereocenters. The van der Waals surface area contributed by atoms with Gasteiger partial charge in [-0.25, -0.2) is 9.37 Å². The molecule has 160 valence electrons. The number of rotatable bonds is 3. The number of hydrogen-bond acceptors (Lipinski definition) is 5. The number of halogens is 4. The molecular weight excluding hydrogens is 434 g/mol. The monoisotopic (exact) mass is 449 g/mol. The summed E-state index contributed by atoms with van der Waals surface area (Å²) in [6, 6.07) is 6.42. The fourth-order valence-corrected chi connectivity index (χ4v) is 4.40. The van der Waals surface area contributed by atoms with Crippen molar-refractivity contribution in [2.24, 2.45) is 0 Å². The van der Waals surface area contributed by atoms with Gasteiger partial charge in [0.25, 0.3) is 5.91 Å². The third-order valence-corrected chi connectivity index (χ3v) is 5.98. The van der Waals surface area contributed by atoms with Crippen molar-refractivity contribution in [2.75, 3.05) is 22.2 Å². The zero-order valence-electron chi connectivity index (χ0n) is 16.1. The maximum Gasteiger partial charge on any atom is 0.419 e. The fraction of sp³-hybridized carbons (Fsp3) is 0.300. The molecular formula is C20H15F4N5OS. The number of nitrogens with one attached hydrogen (secondary N) is 1. The third-order valence-electron chi connectivity index (χ3n) is 5.62. The summed E-state index contributed by atoms with van der Waals surface area (Å²) < 4.78 is 54.6. The van der Waals surface area contributed by atoms with Gasteiger partial charge in [-0.15, -0.1) is 0 Å². The van der Waals surface area contributed by atoms with Gasteiger partial charge < -0.3 is 10.2 Å². The Balaban J connectivity index is 1.82. The van der Waals surface area contributed by atoms with E-state index >= 15 is 0 Å². The van der Waals surface area contributed by atoms with Crippen LogP contribution in [0, 0.1) is 17.1 Å². The molecule has 1 saturated carbocycles. The second-order valence-electron chi connectivity index (χ2n) is 7.26. The second-order valence-corrected chi connectivity index (χ2v) is 7.62. The van der Waals surface area contributed by atoms with Crippen LogP contribution in [0.25, 0.3) is 0 Å². The van der Waals surface area contributed by atoms with Crippen molar-refractivity contribution in [1.82, 2.24) is 4.98 Å². The molecule has 1 saturated heterocycles. The van der Waals surface area contributed by atoms with E-state index in [-0.39, 0.29) is 16.5 Å². The first-order chi connectivity index (χ1) is 14.6. The lowest BCUT2D eigenvalue weighted by molar-refractivity contribution is -0.138. The van der Waals surface area contributed by atoms with E-state index < -0.39 is 34.7 Å². The lowest BCUT2D eigenvalue weighted by Crippen LogP contribution is -2.55. The summed E-state index contributed by atoms with van der Waals surface area (Å²) in [7, 11) is 1.56. The summed E-state index contributed by atoms with van der Waals surface area (Å²) in [5.74, 6) is -1.05. The number of amides is 1. The first-order valence-electron chi connectivity index (χ1n) is 9.27. The van der Waals surface area contributed by atoms with Crippen LogP contribution in [-0.4, -0.2) is 28.6 Å².